The highest BCUT2D eigenvalue weighted by atomic mass is 35.5. The predicted octanol–water partition coefficient (Wildman–Crippen LogP) is 2.10. The number of hydrogen-bond acceptors (Lipinski definition) is 4. The van der Waals surface area contributed by atoms with E-state index in [1.165, 1.54) is 0 Å². The lowest BCUT2D eigenvalue weighted by Gasteiger charge is -2.36. The van der Waals surface area contributed by atoms with Gasteiger partial charge < -0.3 is 16.0 Å². The van der Waals surface area contributed by atoms with Crippen LogP contribution in [0.4, 0.5) is 5.69 Å². The number of para-hydroxylation sites is 1. The summed E-state index contributed by atoms with van der Waals surface area (Å²) in [6.45, 7) is 7.74. The molecule has 134 valence electrons. The lowest BCUT2D eigenvalue weighted by atomic mass is 10.1. The average Bonchev–Trinajstić information content (AvgIpc) is 2.60. The summed E-state index contributed by atoms with van der Waals surface area (Å²) in [6, 6.07) is 7.64. The molecule has 6 heteroatoms. The molecule has 0 aromatic heterocycles. The number of carbonyl (C=O) groups excluding carboxylic acids is 1. The average molecular weight is 353 g/mol. The van der Waals surface area contributed by atoms with Crippen LogP contribution in [0.1, 0.15) is 26.2 Å². The molecule has 1 aromatic carbocycles. The van der Waals surface area contributed by atoms with Gasteiger partial charge in [0.2, 0.25) is 5.91 Å². The van der Waals surface area contributed by atoms with E-state index in [0.29, 0.717) is 6.54 Å². The molecule has 1 unspecified atom stereocenters. The standard InChI is InChI=1S/C18H29ClN4O/c1-2-6-16(20)18(24)21-9-5-10-22-11-13-23(14-12-22)17-8-4-3-7-15(17)19/h3-4,7-8,16H,2,5-6,9-14,20H2,1H3,(H,21,24). The van der Waals surface area contributed by atoms with Gasteiger partial charge in [-0.3, -0.25) is 9.69 Å². The zero-order valence-corrected chi connectivity index (χ0v) is 15.3. The maximum Gasteiger partial charge on any atom is 0.236 e. The van der Waals surface area contributed by atoms with E-state index in [1.807, 2.05) is 25.1 Å². The number of nitrogens with two attached hydrogens (primary N) is 1. The third-order valence-electron chi connectivity index (χ3n) is 4.45. The first-order valence-electron chi connectivity index (χ1n) is 8.87. The van der Waals surface area contributed by atoms with E-state index >= 15 is 0 Å². The number of nitrogens with one attached hydrogen (secondary N) is 1. The van der Waals surface area contributed by atoms with E-state index in [4.69, 9.17) is 17.3 Å². The minimum absolute atomic E-state index is 0.0274. The molecular weight excluding hydrogens is 324 g/mol. The first kappa shape index (κ1) is 19.0. The Hall–Kier alpha value is -1.30. The largest absolute Gasteiger partial charge is 0.368 e. The van der Waals surface area contributed by atoms with Crippen molar-refractivity contribution in [3.63, 3.8) is 0 Å². The molecule has 1 fully saturated rings. The van der Waals surface area contributed by atoms with Gasteiger partial charge in [0.25, 0.3) is 0 Å². The highest BCUT2D eigenvalue weighted by Crippen LogP contribution is 2.25. The second-order valence-corrected chi connectivity index (χ2v) is 6.73. The molecule has 0 aliphatic carbocycles. The van der Waals surface area contributed by atoms with Gasteiger partial charge in [0, 0.05) is 32.7 Å². The normalized spacial score (nSPS) is 16.9. The summed E-state index contributed by atoms with van der Waals surface area (Å²) in [7, 11) is 0. The highest BCUT2D eigenvalue weighted by molar-refractivity contribution is 6.33. The van der Waals surface area contributed by atoms with E-state index in [-0.39, 0.29) is 11.9 Å². The number of piperazine rings is 1. The van der Waals surface area contributed by atoms with Crippen molar-refractivity contribution < 1.29 is 4.79 Å². The van der Waals surface area contributed by atoms with Gasteiger partial charge in [-0.1, -0.05) is 37.1 Å². The number of hydrogen-bond donors (Lipinski definition) is 2. The topological polar surface area (TPSA) is 61.6 Å². The van der Waals surface area contributed by atoms with Gasteiger partial charge in [-0.25, -0.2) is 0 Å². The van der Waals surface area contributed by atoms with Crippen LogP contribution in [0, 0.1) is 0 Å². The van der Waals surface area contributed by atoms with E-state index in [9.17, 15) is 4.79 Å². The molecule has 1 atom stereocenters. The molecule has 0 saturated carbocycles. The molecule has 2 rings (SSSR count). The van der Waals surface area contributed by atoms with Crippen LogP contribution in [0.15, 0.2) is 24.3 Å². The maximum absolute atomic E-state index is 11.7. The Balaban J connectivity index is 1.63. The van der Waals surface area contributed by atoms with Crippen LogP contribution in [0.3, 0.4) is 0 Å². The lowest BCUT2D eigenvalue weighted by molar-refractivity contribution is -0.122. The van der Waals surface area contributed by atoms with Crippen molar-refractivity contribution in [3.05, 3.63) is 29.3 Å². The number of benzene rings is 1. The third-order valence-corrected chi connectivity index (χ3v) is 4.77. The fraction of sp³-hybridized carbons (Fsp3) is 0.611. The molecular formula is C18H29ClN4O. The van der Waals surface area contributed by atoms with Gasteiger partial charge in [-0.05, 0) is 31.5 Å². The van der Waals surface area contributed by atoms with Crippen LogP contribution in [-0.4, -0.2) is 56.1 Å². The number of carbonyl (C=O) groups is 1. The minimum atomic E-state index is -0.367. The van der Waals surface area contributed by atoms with Crippen LogP contribution < -0.4 is 16.0 Å². The predicted molar refractivity (Wildman–Crippen MR) is 101 cm³/mol. The zero-order valence-electron chi connectivity index (χ0n) is 14.5. The first-order chi connectivity index (χ1) is 11.6. The van der Waals surface area contributed by atoms with Crippen LogP contribution in [0.25, 0.3) is 0 Å². The molecule has 0 bridgehead atoms. The number of rotatable bonds is 8. The molecule has 1 amide bonds. The van der Waals surface area contributed by atoms with Gasteiger partial charge in [-0.2, -0.15) is 0 Å². The number of nitrogens with zero attached hydrogens (tertiary/aromatic N) is 2. The van der Waals surface area contributed by atoms with E-state index in [2.05, 4.69) is 21.2 Å². The van der Waals surface area contributed by atoms with Crippen molar-refractivity contribution in [3.8, 4) is 0 Å². The maximum atomic E-state index is 11.7. The molecule has 1 aliphatic rings. The van der Waals surface area contributed by atoms with Gasteiger partial charge in [0.1, 0.15) is 0 Å². The van der Waals surface area contributed by atoms with Crippen LogP contribution in [-0.2, 0) is 4.79 Å². The van der Waals surface area contributed by atoms with Crippen molar-refractivity contribution in [2.24, 2.45) is 5.73 Å². The number of anilines is 1. The summed E-state index contributed by atoms with van der Waals surface area (Å²) in [5.74, 6) is -0.0274. The minimum Gasteiger partial charge on any atom is -0.368 e. The van der Waals surface area contributed by atoms with Crippen molar-refractivity contribution in [1.29, 1.82) is 0 Å². The molecule has 0 radical (unpaired) electrons. The first-order valence-corrected chi connectivity index (χ1v) is 9.24. The Morgan fingerprint density at radius 2 is 2.00 bits per heavy atom. The Morgan fingerprint density at radius 3 is 2.67 bits per heavy atom. The molecule has 3 N–H and O–H groups in total. The Labute approximate surface area is 150 Å². The Bertz CT molecular complexity index is 517. The zero-order chi connectivity index (χ0) is 17.4. The molecule has 1 saturated heterocycles. The van der Waals surface area contributed by atoms with E-state index in [0.717, 1.165) is 62.7 Å². The second-order valence-electron chi connectivity index (χ2n) is 6.32. The SMILES string of the molecule is CCCC(N)C(=O)NCCCN1CCN(c2ccccc2Cl)CC1. The quantitative estimate of drug-likeness (QED) is 0.703. The summed E-state index contributed by atoms with van der Waals surface area (Å²) in [5.41, 5.74) is 6.92. The summed E-state index contributed by atoms with van der Waals surface area (Å²) in [6.07, 6.45) is 2.64. The third kappa shape index (κ3) is 5.65. The van der Waals surface area contributed by atoms with Crippen LogP contribution in [0.2, 0.25) is 5.02 Å². The van der Waals surface area contributed by atoms with E-state index < -0.39 is 0 Å². The summed E-state index contributed by atoms with van der Waals surface area (Å²) in [5, 5.41) is 3.75. The summed E-state index contributed by atoms with van der Waals surface area (Å²) >= 11 is 6.27. The molecule has 1 heterocycles. The second kappa shape index (κ2) is 9.87. The fourth-order valence-corrected chi connectivity index (χ4v) is 3.26. The molecule has 0 spiro atoms. The smallest absolute Gasteiger partial charge is 0.236 e. The van der Waals surface area contributed by atoms with E-state index in [1.54, 1.807) is 0 Å². The van der Waals surface area contributed by atoms with Gasteiger partial charge >= 0.3 is 0 Å². The van der Waals surface area contributed by atoms with Gasteiger partial charge in [0.05, 0.1) is 16.8 Å². The fourth-order valence-electron chi connectivity index (χ4n) is 3.01. The number of halogens is 1. The summed E-state index contributed by atoms with van der Waals surface area (Å²) < 4.78 is 0. The van der Waals surface area contributed by atoms with Crippen molar-refractivity contribution >= 4 is 23.2 Å². The van der Waals surface area contributed by atoms with Gasteiger partial charge in [0.15, 0.2) is 0 Å². The number of amides is 1. The molecule has 5 nitrogen and oxygen atoms in total. The molecule has 24 heavy (non-hydrogen) atoms. The van der Waals surface area contributed by atoms with Crippen molar-refractivity contribution in [2.45, 2.75) is 32.2 Å². The van der Waals surface area contributed by atoms with Crippen molar-refractivity contribution in [2.75, 3.05) is 44.2 Å². The molecule has 1 aromatic rings. The Morgan fingerprint density at radius 1 is 1.29 bits per heavy atom. The van der Waals surface area contributed by atoms with Crippen LogP contribution in [0.5, 0.6) is 0 Å². The van der Waals surface area contributed by atoms with Crippen LogP contribution >= 0.6 is 11.6 Å². The summed E-state index contributed by atoms with van der Waals surface area (Å²) in [4.78, 5) is 16.5. The van der Waals surface area contributed by atoms with Crippen molar-refractivity contribution in [1.82, 2.24) is 10.2 Å². The molecule has 1 aliphatic heterocycles. The monoisotopic (exact) mass is 352 g/mol. The lowest BCUT2D eigenvalue weighted by Crippen LogP contribution is -2.47. The highest BCUT2D eigenvalue weighted by Gasteiger charge is 2.18. The Kier molecular flexibility index (Phi) is 7.82. The van der Waals surface area contributed by atoms with Gasteiger partial charge in [-0.15, -0.1) is 0 Å².